The van der Waals surface area contributed by atoms with Gasteiger partial charge in [-0.1, -0.05) is 24.3 Å². The number of nitrogens with zero attached hydrogens (tertiary/aromatic N) is 5. The Morgan fingerprint density at radius 1 is 1.14 bits per heavy atom. The minimum absolute atomic E-state index is 0.0152. The first-order valence-electron chi connectivity index (χ1n) is 11.1. The van der Waals surface area contributed by atoms with Gasteiger partial charge in [0.25, 0.3) is 5.91 Å². The molecular formula is C25H25N7O3. The summed E-state index contributed by atoms with van der Waals surface area (Å²) < 4.78 is 11.1. The fourth-order valence-corrected chi connectivity index (χ4v) is 3.62. The summed E-state index contributed by atoms with van der Waals surface area (Å²) in [6, 6.07) is 16.6. The summed E-state index contributed by atoms with van der Waals surface area (Å²) in [5.41, 5.74) is 7.48. The average molecular weight is 472 g/mol. The van der Waals surface area contributed by atoms with Gasteiger partial charge in [0.05, 0.1) is 12.7 Å². The molecule has 0 unspecified atom stereocenters. The van der Waals surface area contributed by atoms with Crippen LogP contribution in [0.1, 0.15) is 24.2 Å². The van der Waals surface area contributed by atoms with Gasteiger partial charge in [0, 0.05) is 18.8 Å². The summed E-state index contributed by atoms with van der Waals surface area (Å²) in [4.78, 5) is 26.6. The van der Waals surface area contributed by atoms with Gasteiger partial charge in [0.2, 0.25) is 11.9 Å². The number of nitriles is 1. The number of likely N-dealkylation sites (tertiary alicyclic amines) is 1. The number of amides is 1. The molecule has 10 nitrogen and oxygen atoms in total. The zero-order chi connectivity index (χ0) is 24.6. The lowest BCUT2D eigenvalue weighted by Crippen LogP contribution is -2.32. The largest absolute Gasteiger partial charge is 0.493 e. The van der Waals surface area contributed by atoms with Crippen molar-refractivity contribution in [2.24, 2.45) is 0 Å². The van der Waals surface area contributed by atoms with E-state index >= 15 is 0 Å². The molecule has 1 amide bonds. The second-order valence-corrected chi connectivity index (χ2v) is 7.79. The first-order valence-corrected chi connectivity index (χ1v) is 11.1. The molecule has 0 atom stereocenters. The van der Waals surface area contributed by atoms with Crippen molar-refractivity contribution in [3.63, 3.8) is 0 Å². The van der Waals surface area contributed by atoms with E-state index < -0.39 is 0 Å². The molecule has 0 radical (unpaired) electrons. The van der Waals surface area contributed by atoms with E-state index in [9.17, 15) is 10.1 Å². The number of carbonyl (C=O) groups is 1. The lowest BCUT2D eigenvalue weighted by atomic mass is 10.1. The number of benzene rings is 2. The number of ether oxygens (including phenoxy) is 2. The van der Waals surface area contributed by atoms with Crippen LogP contribution >= 0.6 is 0 Å². The van der Waals surface area contributed by atoms with E-state index in [4.69, 9.17) is 15.2 Å². The molecule has 3 N–H and O–H groups in total. The summed E-state index contributed by atoms with van der Waals surface area (Å²) in [5, 5.41) is 12.8. The predicted molar refractivity (Wildman–Crippen MR) is 132 cm³/mol. The van der Waals surface area contributed by atoms with Gasteiger partial charge in [-0.05, 0) is 48.7 Å². The van der Waals surface area contributed by atoms with Crippen LogP contribution in [-0.4, -0.2) is 52.6 Å². The quantitative estimate of drug-likeness (QED) is 0.474. The molecule has 10 heteroatoms. The Bertz CT molecular complexity index is 1270. The minimum Gasteiger partial charge on any atom is -0.493 e. The van der Waals surface area contributed by atoms with Gasteiger partial charge >= 0.3 is 0 Å². The first-order chi connectivity index (χ1) is 17.1. The predicted octanol–water partition coefficient (Wildman–Crippen LogP) is 3.27. The molecule has 4 rings (SSSR count). The Hall–Kier alpha value is -4.65. The molecule has 1 aliphatic rings. The van der Waals surface area contributed by atoms with E-state index in [0.29, 0.717) is 17.1 Å². The van der Waals surface area contributed by atoms with Crippen LogP contribution in [0.25, 0.3) is 11.6 Å². The fraction of sp³-hybridized carbons (Fsp3) is 0.240. The molecule has 1 fully saturated rings. The van der Waals surface area contributed by atoms with Crippen LogP contribution in [0.3, 0.4) is 0 Å². The maximum atomic E-state index is 12.3. The van der Waals surface area contributed by atoms with Crippen molar-refractivity contribution in [1.82, 2.24) is 19.9 Å². The van der Waals surface area contributed by atoms with Crippen LogP contribution < -0.4 is 20.5 Å². The maximum Gasteiger partial charge on any atom is 0.260 e. The Morgan fingerprint density at radius 2 is 1.91 bits per heavy atom. The van der Waals surface area contributed by atoms with Gasteiger partial charge in [-0.25, -0.2) is 0 Å². The van der Waals surface area contributed by atoms with E-state index in [-0.39, 0.29) is 35.8 Å². The third-order valence-electron chi connectivity index (χ3n) is 5.35. The monoisotopic (exact) mass is 471 g/mol. The highest BCUT2D eigenvalue weighted by Crippen LogP contribution is 2.30. The molecule has 0 saturated carbocycles. The number of methoxy groups -OCH3 is 1. The third kappa shape index (κ3) is 6.03. The number of anilines is 3. The van der Waals surface area contributed by atoms with Crippen molar-refractivity contribution in [1.29, 1.82) is 5.26 Å². The van der Waals surface area contributed by atoms with E-state index in [0.717, 1.165) is 31.6 Å². The number of nitrogens with one attached hydrogen (secondary N) is 1. The highest BCUT2D eigenvalue weighted by atomic mass is 16.5. The van der Waals surface area contributed by atoms with Gasteiger partial charge in [-0.15, -0.1) is 0 Å². The summed E-state index contributed by atoms with van der Waals surface area (Å²) in [7, 11) is 1.51. The molecule has 0 spiro atoms. The molecule has 2 aromatic carbocycles. The fourth-order valence-electron chi connectivity index (χ4n) is 3.62. The van der Waals surface area contributed by atoms with Crippen molar-refractivity contribution in [3.05, 3.63) is 59.9 Å². The summed E-state index contributed by atoms with van der Waals surface area (Å²) in [6.45, 7) is 1.48. The topological polar surface area (TPSA) is 139 Å². The number of aromatic nitrogens is 3. The van der Waals surface area contributed by atoms with Crippen molar-refractivity contribution >= 4 is 35.1 Å². The summed E-state index contributed by atoms with van der Waals surface area (Å²) >= 11 is 0. The normalized spacial score (nSPS) is 13.3. The lowest BCUT2D eigenvalue weighted by Gasteiger charge is -2.16. The second-order valence-electron chi connectivity index (χ2n) is 7.79. The van der Waals surface area contributed by atoms with E-state index in [1.807, 2.05) is 30.3 Å². The number of hydrogen-bond donors (Lipinski definition) is 2. The number of carbonyl (C=O) groups excluding carboxylic acids is 1. The zero-order valence-corrected chi connectivity index (χ0v) is 19.3. The summed E-state index contributed by atoms with van der Waals surface area (Å²) in [6.07, 6.45) is 3.66. The number of allylic oxidation sites excluding steroid dienone is 1. The molecule has 0 aliphatic carbocycles. The standard InChI is InChI=1S/C25H25N7O3/c1-34-21-14-17(9-10-20(21)35-16-22(33)32-11-5-6-12-32)13-18(15-26)23-29-24(27)31-25(30-23)28-19-7-3-2-4-8-19/h2-4,7-10,13-14H,5-6,11-12,16H2,1H3,(H3,27,28,29,30,31)/b18-13+. The van der Waals surface area contributed by atoms with Gasteiger partial charge in [-0.2, -0.15) is 20.2 Å². The molecule has 1 aliphatic heterocycles. The molecule has 3 aromatic rings. The average Bonchev–Trinajstić information content (AvgIpc) is 3.41. The van der Waals surface area contributed by atoms with Crippen molar-refractivity contribution in [2.45, 2.75) is 12.8 Å². The summed E-state index contributed by atoms with van der Waals surface area (Å²) in [5.74, 6) is 1.17. The zero-order valence-electron chi connectivity index (χ0n) is 19.3. The van der Waals surface area contributed by atoms with E-state index in [1.165, 1.54) is 7.11 Å². The number of nitrogens with two attached hydrogens (primary N) is 1. The number of hydrogen-bond acceptors (Lipinski definition) is 9. The Morgan fingerprint density at radius 3 is 2.63 bits per heavy atom. The van der Waals surface area contributed by atoms with Crippen LogP contribution in [0.2, 0.25) is 0 Å². The smallest absolute Gasteiger partial charge is 0.260 e. The number of nitrogen functional groups attached to an aromatic ring is 1. The van der Waals surface area contributed by atoms with Crippen LogP contribution in [0.15, 0.2) is 48.5 Å². The number of rotatable bonds is 8. The Labute approximate surface area is 203 Å². The van der Waals surface area contributed by atoms with Gasteiger partial charge < -0.3 is 25.4 Å². The third-order valence-corrected chi connectivity index (χ3v) is 5.35. The Balaban J connectivity index is 1.53. The first kappa shape index (κ1) is 23.5. The van der Waals surface area contributed by atoms with Crippen LogP contribution in [-0.2, 0) is 4.79 Å². The highest BCUT2D eigenvalue weighted by molar-refractivity contribution is 5.88. The minimum atomic E-state index is -0.0592. The second kappa shape index (κ2) is 11.0. The van der Waals surface area contributed by atoms with Crippen LogP contribution in [0.5, 0.6) is 11.5 Å². The molecule has 0 bridgehead atoms. The molecular weight excluding hydrogens is 446 g/mol. The molecule has 2 heterocycles. The van der Waals surface area contributed by atoms with Crippen LogP contribution in [0, 0.1) is 11.3 Å². The molecule has 35 heavy (non-hydrogen) atoms. The Kier molecular flexibility index (Phi) is 7.37. The SMILES string of the molecule is COc1cc(/C=C(\C#N)c2nc(N)nc(Nc3ccccc3)n2)ccc1OCC(=O)N1CCCC1. The molecule has 178 valence electrons. The van der Waals surface area contributed by atoms with Crippen molar-refractivity contribution in [3.8, 4) is 17.6 Å². The molecule has 1 aromatic heterocycles. The highest BCUT2D eigenvalue weighted by Gasteiger charge is 2.19. The van der Waals surface area contributed by atoms with E-state index in [1.54, 1.807) is 29.2 Å². The van der Waals surface area contributed by atoms with E-state index in [2.05, 4.69) is 26.3 Å². The van der Waals surface area contributed by atoms with Gasteiger partial charge in [-0.3, -0.25) is 4.79 Å². The lowest BCUT2D eigenvalue weighted by molar-refractivity contribution is -0.132. The van der Waals surface area contributed by atoms with Crippen molar-refractivity contribution in [2.75, 3.05) is 37.9 Å². The molecule has 1 saturated heterocycles. The van der Waals surface area contributed by atoms with Gasteiger partial charge in [0.1, 0.15) is 6.07 Å². The maximum absolute atomic E-state index is 12.3. The van der Waals surface area contributed by atoms with Crippen molar-refractivity contribution < 1.29 is 14.3 Å². The van der Waals surface area contributed by atoms with Gasteiger partial charge in [0.15, 0.2) is 23.9 Å². The van der Waals surface area contributed by atoms with Crippen LogP contribution in [0.4, 0.5) is 17.6 Å². The number of para-hydroxylation sites is 1.